The average molecular weight is 295 g/mol. The van der Waals surface area contributed by atoms with E-state index in [-0.39, 0.29) is 24.4 Å². The molecule has 1 aliphatic rings. The van der Waals surface area contributed by atoms with Gasteiger partial charge in [0.1, 0.15) is 6.54 Å². The van der Waals surface area contributed by atoms with Gasteiger partial charge in [-0.25, -0.2) is 0 Å². The molecule has 0 radical (unpaired) electrons. The molecule has 1 fully saturated rings. The molecule has 0 spiro atoms. The summed E-state index contributed by atoms with van der Waals surface area (Å²) in [5.41, 5.74) is 0. The molecule has 1 saturated heterocycles. The highest BCUT2D eigenvalue weighted by molar-refractivity contribution is 5.85. The van der Waals surface area contributed by atoms with Gasteiger partial charge in [0.05, 0.1) is 6.54 Å². The average Bonchev–Trinajstić information content (AvgIpc) is 2.34. The van der Waals surface area contributed by atoms with E-state index in [0.29, 0.717) is 12.8 Å². The SMILES string of the molecule is CC1CC(C(=O)N(C)CC(=O)NCC(F)(F)F)CCN1. The lowest BCUT2D eigenvalue weighted by Gasteiger charge is -2.30. The monoisotopic (exact) mass is 295 g/mol. The van der Waals surface area contributed by atoms with Crippen molar-refractivity contribution in [1.82, 2.24) is 15.5 Å². The van der Waals surface area contributed by atoms with Crippen molar-refractivity contribution in [2.24, 2.45) is 5.92 Å². The van der Waals surface area contributed by atoms with Crippen molar-refractivity contribution in [3.63, 3.8) is 0 Å². The number of hydrogen-bond acceptors (Lipinski definition) is 3. The Morgan fingerprint density at radius 1 is 1.40 bits per heavy atom. The number of carbonyl (C=O) groups excluding carboxylic acids is 2. The highest BCUT2D eigenvalue weighted by atomic mass is 19.4. The Bertz CT molecular complexity index is 360. The number of amides is 2. The predicted molar refractivity (Wildman–Crippen MR) is 66.9 cm³/mol. The Kier molecular flexibility index (Phi) is 5.79. The van der Waals surface area contributed by atoms with Gasteiger partial charge < -0.3 is 15.5 Å². The molecule has 0 aromatic rings. The second-order valence-corrected chi connectivity index (χ2v) is 5.16. The number of nitrogens with zero attached hydrogens (tertiary/aromatic N) is 1. The van der Waals surface area contributed by atoms with Crippen molar-refractivity contribution >= 4 is 11.8 Å². The molecule has 5 nitrogen and oxygen atoms in total. The molecular weight excluding hydrogens is 275 g/mol. The summed E-state index contributed by atoms with van der Waals surface area (Å²) in [7, 11) is 1.43. The minimum absolute atomic E-state index is 0.174. The maximum absolute atomic E-state index is 12.1. The number of likely N-dealkylation sites (N-methyl/N-ethyl adjacent to an activating group) is 1. The van der Waals surface area contributed by atoms with Crippen LogP contribution in [0.1, 0.15) is 19.8 Å². The smallest absolute Gasteiger partial charge is 0.345 e. The molecule has 2 amide bonds. The van der Waals surface area contributed by atoms with Crippen LogP contribution in [-0.2, 0) is 9.59 Å². The molecule has 0 bridgehead atoms. The van der Waals surface area contributed by atoms with Crippen LogP contribution in [0.2, 0.25) is 0 Å². The zero-order valence-corrected chi connectivity index (χ0v) is 11.6. The number of carbonyl (C=O) groups is 2. The third-order valence-corrected chi connectivity index (χ3v) is 3.22. The highest BCUT2D eigenvalue weighted by Crippen LogP contribution is 2.18. The molecule has 0 aliphatic carbocycles. The number of piperidine rings is 1. The third-order valence-electron chi connectivity index (χ3n) is 3.22. The number of rotatable bonds is 4. The Morgan fingerprint density at radius 3 is 2.60 bits per heavy atom. The summed E-state index contributed by atoms with van der Waals surface area (Å²) in [4.78, 5) is 24.6. The summed E-state index contributed by atoms with van der Waals surface area (Å²) in [6, 6.07) is 0.227. The van der Waals surface area contributed by atoms with E-state index in [4.69, 9.17) is 0 Å². The van der Waals surface area contributed by atoms with Gasteiger partial charge in [0.25, 0.3) is 0 Å². The van der Waals surface area contributed by atoms with Gasteiger partial charge in [-0.1, -0.05) is 0 Å². The van der Waals surface area contributed by atoms with E-state index >= 15 is 0 Å². The molecule has 1 heterocycles. The molecule has 0 aromatic heterocycles. The number of halogens is 3. The quantitative estimate of drug-likeness (QED) is 0.794. The first-order chi connectivity index (χ1) is 9.19. The molecule has 8 heteroatoms. The first kappa shape index (κ1) is 16.7. The Hall–Kier alpha value is -1.31. The lowest BCUT2D eigenvalue weighted by Crippen LogP contribution is -2.46. The van der Waals surface area contributed by atoms with Gasteiger partial charge in [0.2, 0.25) is 11.8 Å². The van der Waals surface area contributed by atoms with Gasteiger partial charge >= 0.3 is 6.18 Å². The van der Waals surface area contributed by atoms with Crippen LogP contribution < -0.4 is 10.6 Å². The van der Waals surface area contributed by atoms with Crippen LogP contribution in [0.3, 0.4) is 0 Å². The number of hydrogen-bond donors (Lipinski definition) is 2. The molecule has 0 aromatic carbocycles. The van der Waals surface area contributed by atoms with Gasteiger partial charge in [-0.2, -0.15) is 13.2 Å². The van der Waals surface area contributed by atoms with E-state index < -0.39 is 18.6 Å². The first-order valence-corrected chi connectivity index (χ1v) is 6.51. The second kappa shape index (κ2) is 6.92. The van der Waals surface area contributed by atoms with E-state index in [1.165, 1.54) is 11.9 Å². The van der Waals surface area contributed by atoms with Crippen molar-refractivity contribution < 1.29 is 22.8 Å². The summed E-state index contributed by atoms with van der Waals surface area (Å²) in [6.07, 6.45) is -3.09. The third kappa shape index (κ3) is 5.77. The van der Waals surface area contributed by atoms with E-state index in [1.54, 1.807) is 5.32 Å². The van der Waals surface area contributed by atoms with Crippen LogP contribution in [0, 0.1) is 5.92 Å². The zero-order chi connectivity index (χ0) is 15.3. The van der Waals surface area contributed by atoms with E-state index in [2.05, 4.69) is 5.32 Å². The maximum atomic E-state index is 12.1. The minimum Gasteiger partial charge on any atom is -0.345 e. The van der Waals surface area contributed by atoms with Crippen LogP contribution in [0.4, 0.5) is 13.2 Å². The largest absolute Gasteiger partial charge is 0.405 e. The Labute approximate surface area is 115 Å². The Balaban J connectivity index is 2.39. The van der Waals surface area contributed by atoms with E-state index in [0.717, 1.165) is 6.54 Å². The van der Waals surface area contributed by atoms with Crippen molar-refractivity contribution in [2.45, 2.75) is 32.0 Å². The molecule has 2 unspecified atom stereocenters. The van der Waals surface area contributed by atoms with E-state index in [1.807, 2.05) is 6.92 Å². The van der Waals surface area contributed by atoms with Crippen LogP contribution in [0.15, 0.2) is 0 Å². The van der Waals surface area contributed by atoms with Gasteiger partial charge in [-0.3, -0.25) is 9.59 Å². The molecule has 0 saturated carbocycles. The number of nitrogens with one attached hydrogen (secondary N) is 2. The normalized spacial score (nSPS) is 23.2. The van der Waals surface area contributed by atoms with E-state index in [9.17, 15) is 22.8 Å². The summed E-state index contributed by atoms with van der Waals surface area (Å²) >= 11 is 0. The van der Waals surface area contributed by atoms with Crippen molar-refractivity contribution in [3.8, 4) is 0 Å². The minimum atomic E-state index is -4.44. The molecular formula is C12H20F3N3O2. The van der Waals surface area contributed by atoms with Gasteiger partial charge in [-0.05, 0) is 26.3 Å². The molecule has 1 aliphatic heterocycles. The highest BCUT2D eigenvalue weighted by Gasteiger charge is 2.30. The molecule has 2 atom stereocenters. The van der Waals surface area contributed by atoms with Crippen molar-refractivity contribution in [2.75, 3.05) is 26.7 Å². The van der Waals surface area contributed by atoms with Crippen LogP contribution in [0.5, 0.6) is 0 Å². The fraction of sp³-hybridized carbons (Fsp3) is 0.833. The second-order valence-electron chi connectivity index (χ2n) is 5.16. The van der Waals surface area contributed by atoms with Gasteiger partial charge in [0, 0.05) is 19.0 Å². The molecule has 20 heavy (non-hydrogen) atoms. The predicted octanol–water partition coefficient (Wildman–Crippen LogP) is 0.511. The summed E-state index contributed by atoms with van der Waals surface area (Å²) < 4.78 is 35.8. The first-order valence-electron chi connectivity index (χ1n) is 6.51. The summed E-state index contributed by atoms with van der Waals surface area (Å²) in [6.45, 7) is 0.965. The fourth-order valence-electron chi connectivity index (χ4n) is 2.22. The molecule has 1 rings (SSSR count). The topological polar surface area (TPSA) is 61.4 Å². The van der Waals surface area contributed by atoms with Gasteiger partial charge in [-0.15, -0.1) is 0 Å². The maximum Gasteiger partial charge on any atom is 0.405 e. The van der Waals surface area contributed by atoms with Gasteiger partial charge in [0.15, 0.2) is 0 Å². The lowest BCUT2D eigenvalue weighted by molar-refractivity contribution is -0.143. The number of alkyl halides is 3. The van der Waals surface area contributed by atoms with Crippen LogP contribution in [0.25, 0.3) is 0 Å². The van der Waals surface area contributed by atoms with Crippen LogP contribution >= 0.6 is 0 Å². The standard InChI is InChI=1S/C12H20F3N3O2/c1-8-5-9(3-4-16-8)11(20)18(2)6-10(19)17-7-12(13,14)15/h8-9,16H,3-7H2,1-2H3,(H,17,19). The Morgan fingerprint density at radius 2 is 2.05 bits per heavy atom. The molecule has 2 N–H and O–H groups in total. The summed E-state index contributed by atoms with van der Waals surface area (Å²) in [5, 5.41) is 4.96. The fourth-order valence-corrected chi connectivity index (χ4v) is 2.22. The molecule has 116 valence electrons. The van der Waals surface area contributed by atoms with Crippen molar-refractivity contribution in [1.29, 1.82) is 0 Å². The lowest BCUT2D eigenvalue weighted by atomic mass is 9.92. The van der Waals surface area contributed by atoms with Crippen molar-refractivity contribution in [3.05, 3.63) is 0 Å². The van der Waals surface area contributed by atoms with Crippen LogP contribution in [-0.4, -0.2) is 55.6 Å². The summed E-state index contributed by atoms with van der Waals surface area (Å²) in [5.74, 6) is -1.17. The zero-order valence-electron chi connectivity index (χ0n) is 11.6.